The van der Waals surface area contributed by atoms with E-state index < -0.39 is 0 Å². The van der Waals surface area contributed by atoms with Crippen LogP contribution in [0.5, 0.6) is 5.75 Å². The van der Waals surface area contributed by atoms with E-state index in [1.54, 1.807) is 6.08 Å². The topological polar surface area (TPSA) is 54.7 Å². The van der Waals surface area contributed by atoms with E-state index >= 15 is 0 Å². The summed E-state index contributed by atoms with van der Waals surface area (Å²) in [5.41, 5.74) is 1.30. The molecule has 1 amide bonds. The molecule has 25 heavy (non-hydrogen) atoms. The van der Waals surface area contributed by atoms with Gasteiger partial charge in [0.05, 0.1) is 5.56 Å². The Labute approximate surface area is 148 Å². The SMILES string of the molecule is C=CCOc1ccc2oc(C)c(C(=O)NC[C@H]3CCCN3CC)c2c1. The van der Waals surface area contributed by atoms with Crippen molar-refractivity contribution in [3.05, 3.63) is 42.2 Å². The van der Waals surface area contributed by atoms with Crippen LogP contribution in [-0.2, 0) is 0 Å². The highest BCUT2D eigenvalue weighted by molar-refractivity contribution is 6.07. The summed E-state index contributed by atoms with van der Waals surface area (Å²) in [6.07, 6.45) is 4.03. The van der Waals surface area contributed by atoms with E-state index in [2.05, 4.69) is 23.7 Å². The molecule has 0 saturated carbocycles. The smallest absolute Gasteiger partial charge is 0.255 e. The van der Waals surface area contributed by atoms with E-state index in [4.69, 9.17) is 9.15 Å². The van der Waals surface area contributed by atoms with Crippen molar-refractivity contribution in [3.63, 3.8) is 0 Å². The van der Waals surface area contributed by atoms with Crippen molar-refractivity contribution in [2.75, 3.05) is 26.2 Å². The Bertz CT molecular complexity index is 766. The molecule has 0 bridgehead atoms. The summed E-state index contributed by atoms with van der Waals surface area (Å²) in [6, 6.07) is 5.97. The van der Waals surface area contributed by atoms with Crippen LogP contribution in [0.15, 0.2) is 35.3 Å². The molecular formula is C20H26N2O3. The minimum atomic E-state index is -0.0833. The van der Waals surface area contributed by atoms with Crippen molar-refractivity contribution in [3.8, 4) is 5.75 Å². The quantitative estimate of drug-likeness (QED) is 0.782. The van der Waals surface area contributed by atoms with Crippen molar-refractivity contribution < 1.29 is 13.9 Å². The third-order valence-corrected chi connectivity index (χ3v) is 4.83. The highest BCUT2D eigenvalue weighted by Gasteiger charge is 2.25. The maximum atomic E-state index is 12.8. The zero-order valence-electron chi connectivity index (χ0n) is 15.0. The summed E-state index contributed by atoms with van der Waals surface area (Å²) in [4.78, 5) is 15.2. The van der Waals surface area contributed by atoms with Gasteiger partial charge in [-0.25, -0.2) is 0 Å². The molecule has 0 unspecified atom stereocenters. The van der Waals surface area contributed by atoms with Gasteiger partial charge in [0, 0.05) is 18.0 Å². The summed E-state index contributed by atoms with van der Waals surface area (Å²) < 4.78 is 11.3. The number of nitrogens with one attached hydrogen (secondary N) is 1. The number of likely N-dealkylation sites (N-methyl/N-ethyl adjacent to an activating group) is 1. The Morgan fingerprint density at radius 2 is 2.36 bits per heavy atom. The number of amides is 1. The van der Waals surface area contributed by atoms with Crippen LogP contribution in [-0.4, -0.2) is 43.1 Å². The minimum Gasteiger partial charge on any atom is -0.490 e. The summed E-state index contributed by atoms with van der Waals surface area (Å²) in [5, 5.41) is 3.88. The van der Waals surface area contributed by atoms with E-state index in [1.165, 1.54) is 6.42 Å². The van der Waals surface area contributed by atoms with Crippen molar-refractivity contribution in [2.45, 2.75) is 32.7 Å². The van der Waals surface area contributed by atoms with Crippen LogP contribution >= 0.6 is 0 Å². The number of ether oxygens (including phenoxy) is 1. The maximum absolute atomic E-state index is 12.8. The Balaban J connectivity index is 1.77. The van der Waals surface area contributed by atoms with Crippen LogP contribution in [0.1, 0.15) is 35.9 Å². The number of furan rings is 1. The Morgan fingerprint density at radius 1 is 1.52 bits per heavy atom. The van der Waals surface area contributed by atoms with Crippen LogP contribution in [0.4, 0.5) is 0 Å². The zero-order chi connectivity index (χ0) is 17.8. The lowest BCUT2D eigenvalue weighted by Crippen LogP contribution is -2.40. The number of likely N-dealkylation sites (tertiary alicyclic amines) is 1. The Kier molecular flexibility index (Phi) is 5.43. The monoisotopic (exact) mass is 342 g/mol. The second-order valence-corrected chi connectivity index (χ2v) is 6.43. The van der Waals surface area contributed by atoms with E-state index in [0.29, 0.717) is 41.8 Å². The van der Waals surface area contributed by atoms with Gasteiger partial charge < -0.3 is 14.5 Å². The van der Waals surface area contributed by atoms with Crippen molar-refractivity contribution in [1.82, 2.24) is 10.2 Å². The van der Waals surface area contributed by atoms with E-state index in [9.17, 15) is 4.79 Å². The van der Waals surface area contributed by atoms with Gasteiger partial charge in [0.25, 0.3) is 5.91 Å². The lowest BCUT2D eigenvalue weighted by atomic mass is 10.1. The van der Waals surface area contributed by atoms with Gasteiger partial charge in [0.15, 0.2) is 0 Å². The van der Waals surface area contributed by atoms with Gasteiger partial charge in [0.2, 0.25) is 0 Å². The van der Waals surface area contributed by atoms with Gasteiger partial charge in [-0.15, -0.1) is 0 Å². The van der Waals surface area contributed by atoms with E-state index in [0.717, 1.165) is 24.9 Å². The largest absolute Gasteiger partial charge is 0.490 e. The summed E-state index contributed by atoms with van der Waals surface area (Å²) in [5.74, 6) is 1.25. The first-order valence-corrected chi connectivity index (χ1v) is 8.93. The number of hydrogen-bond donors (Lipinski definition) is 1. The van der Waals surface area contributed by atoms with Gasteiger partial charge in [-0.05, 0) is 51.1 Å². The molecule has 1 aromatic carbocycles. The van der Waals surface area contributed by atoms with Crippen molar-refractivity contribution in [2.24, 2.45) is 0 Å². The molecule has 3 rings (SSSR count). The van der Waals surface area contributed by atoms with Crippen LogP contribution in [0.2, 0.25) is 0 Å². The number of carbonyl (C=O) groups excluding carboxylic acids is 1. The molecule has 2 aromatic rings. The fraction of sp³-hybridized carbons (Fsp3) is 0.450. The minimum absolute atomic E-state index is 0.0833. The van der Waals surface area contributed by atoms with Gasteiger partial charge in [-0.1, -0.05) is 19.6 Å². The summed E-state index contributed by atoms with van der Waals surface area (Å²) in [6.45, 7) is 10.9. The Morgan fingerprint density at radius 3 is 3.12 bits per heavy atom. The number of hydrogen-bond acceptors (Lipinski definition) is 4. The number of benzene rings is 1. The van der Waals surface area contributed by atoms with Crippen molar-refractivity contribution in [1.29, 1.82) is 0 Å². The van der Waals surface area contributed by atoms with E-state index in [-0.39, 0.29) is 5.91 Å². The lowest BCUT2D eigenvalue weighted by Gasteiger charge is -2.22. The number of aryl methyl sites for hydroxylation is 1. The van der Waals surface area contributed by atoms with E-state index in [1.807, 2.05) is 25.1 Å². The highest BCUT2D eigenvalue weighted by Crippen LogP contribution is 2.29. The molecule has 0 aliphatic carbocycles. The summed E-state index contributed by atoms with van der Waals surface area (Å²) >= 11 is 0. The zero-order valence-corrected chi connectivity index (χ0v) is 15.0. The van der Waals surface area contributed by atoms with Gasteiger partial charge >= 0.3 is 0 Å². The molecule has 1 atom stereocenters. The third kappa shape index (κ3) is 3.71. The molecule has 1 fully saturated rings. The van der Waals surface area contributed by atoms with Gasteiger partial charge in [-0.2, -0.15) is 0 Å². The molecule has 1 saturated heterocycles. The van der Waals surface area contributed by atoms with Crippen LogP contribution < -0.4 is 10.1 Å². The summed E-state index contributed by atoms with van der Waals surface area (Å²) in [7, 11) is 0. The number of carbonyl (C=O) groups is 1. The van der Waals surface area contributed by atoms with Crippen LogP contribution in [0, 0.1) is 6.92 Å². The first-order valence-electron chi connectivity index (χ1n) is 8.93. The number of fused-ring (bicyclic) bond motifs is 1. The average molecular weight is 342 g/mol. The molecule has 1 N–H and O–H groups in total. The first-order chi connectivity index (χ1) is 12.1. The molecule has 1 aromatic heterocycles. The predicted octanol–water partition coefficient (Wildman–Crippen LogP) is 3.52. The fourth-order valence-electron chi connectivity index (χ4n) is 3.57. The fourth-order valence-corrected chi connectivity index (χ4v) is 3.57. The Hall–Kier alpha value is -2.27. The highest BCUT2D eigenvalue weighted by atomic mass is 16.5. The number of nitrogens with zero attached hydrogens (tertiary/aromatic N) is 1. The molecular weight excluding hydrogens is 316 g/mol. The average Bonchev–Trinajstić information content (AvgIpc) is 3.20. The number of rotatable bonds is 7. The molecule has 5 nitrogen and oxygen atoms in total. The van der Waals surface area contributed by atoms with Crippen LogP contribution in [0.3, 0.4) is 0 Å². The van der Waals surface area contributed by atoms with Crippen LogP contribution in [0.25, 0.3) is 11.0 Å². The first kappa shape index (κ1) is 17.5. The second-order valence-electron chi connectivity index (χ2n) is 6.43. The normalized spacial score (nSPS) is 17.8. The maximum Gasteiger partial charge on any atom is 0.255 e. The molecule has 1 aliphatic heterocycles. The lowest BCUT2D eigenvalue weighted by molar-refractivity contribution is 0.0941. The second kappa shape index (κ2) is 7.74. The molecule has 1 aliphatic rings. The molecule has 0 spiro atoms. The molecule has 5 heteroatoms. The van der Waals surface area contributed by atoms with Gasteiger partial charge in [-0.3, -0.25) is 9.69 Å². The molecule has 0 radical (unpaired) electrons. The molecule has 2 heterocycles. The third-order valence-electron chi connectivity index (χ3n) is 4.83. The van der Waals surface area contributed by atoms with Crippen molar-refractivity contribution >= 4 is 16.9 Å². The van der Waals surface area contributed by atoms with Gasteiger partial charge in [0.1, 0.15) is 23.7 Å². The standard InChI is InChI=1S/C20H26N2O3/c1-4-11-24-16-8-9-18-17(12-16)19(14(3)25-18)20(23)21-13-15-7-6-10-22(15)5-2/h4,8-9,12,15H,1,5-7,10-11,13H2,2-3H3,(H,21,23)/t15-/m1/s1. The predicted molar refractivity (Wildman–Crippen MR) is 99.2 cm³/mol. The molecule has 134 valence electrons.